The van der Waals surface area contributed by atoms with E-state index in [1.807, 2.05) is 36.4 Å². The summed E-state index contributed by atoms with van der Waals surface area (Å²) in [6.45, 7) is 2.67. The number of anilines is 1. The molecule has 6 rings (SSSR count). The number of aromatic hydroxyl groups is 1. The SMILES string of the molecule is COc1cc(/C=C(\C)CC[C@H]2OC[C@H]3C2=C(COc2ccccc2)C[C@H]2C(=O)N(c4cccc(B(O)O)c4)C(=O)[C@H]23)cc(I)c1O. The van der Waals surface area contributed by atoms with Gasteiger partial charge in [-0.3, -0.25) is 14.5 Å². The van der Waals surface area contributed by atoms with Gasteiger partial charge in [0.15, 0.2) is 11.5 Å². The van der Waals surface area contributed by atoms with Crippen molar-refractivity contribution in [1.29, 1.82) is 0 Å². The second kappa shape index (κ2) is 13.6. The summed E-state index contributed by atoms with van der Waals surface area (Å²) in [5.41, 5.74) is 4.61. The molecule has 2 aliphatic heterocycles. The number of carbonyl (C=O) groups is 2. The molecule has 0 spiro atoms. The molecule has 3 N–H and O–H groups in total. The average Bonchev–Trinajstić information content (AvgIpc) is 3.58. The zero-order valence-electron chi connectivity index (χ0n) is 25.6. The fraction of sp³-hybridized carbons (Fsp3) is 0.314. The third-order valence-electron chi connectivity index (χ3n) is 9.08. The van der Waals surface area contributed by atoms with Crippen molar-refractivity contribution >= 4 is 58.7 Å². The first-order chi connectivity index (χ1) is 22.2. The summed E-state index contributed by atoms with van der Waals surface area (Å²) in [6.07, 6.45) is 3.64. The van der Waals surface area contributed by atoms with Crippen LogP contribution in [0, 0.1) is 21.3 Å². The lowest BCUT2D eigenvalue weighted by Crippen LogP contribution is -2.36. The summed E-state index contributed by atoms with van der Waals surface area (Å²) in [6, 6.07) is 19.5. The topological polar surface area (TPSA) is 126 Å². The fourth-order valence-electron chi connectivity index (χ4n) is 6.92. The van der Waals surface area contributed by atoms with Gasteiger partial charge in [-0.05, 0) is 107 Å². The molecule has 2 fully saturated rings. The Bertz CT molecular complexity index is 1710. The highest BCUT2D eigenvalue weighted by molar-refractivity contribution is 14.1. The van der Waals surface area contributed by atoms with Crippen LogP contribution in [0.15, 0.2) is 83.4 Å². The van der Waals surface area contributed by atoms with Crippen molar-refractivity contribution in [2.24, 2.45) is 17.8 Å². The number of imide groups is 1. The maximum absolute atomic E-state index is 14.0. The van der Waals surface area contributed by atoms with Crippen LogP contribution in [0.25, 0.3) is 6.08 Å². The molecule has 0 unspecified atom stereocenters. The number of phenols is 1. The number of fused-ring (bicyclic) bond motifs is 3. The van der Waals surface area contributed by atoms with E-state index in [1.165, 1.54) is 24.1 Å². The Morgan fingerprint density at radius 1 is 1.07 bits per heavy atom. The maximum atomic E-state index is 14.0. The van der Waals surface area contributed by atoms with Gasteiger partial charge in [-0.25, -0.2) is 0 Å². The van der Waals surface area contributed by atoms with Crippen LogP contribution in [0.2, 0.25) is 0 Å². The number of halogens is 1. The van der Waals surface area contributed by atoms with Gasteiger partial charge in [-0.2, -0.15) is 0 Å². The van der Waals surface area contributed by atoms with E-state index in [9.17, 15) is 24.7 Å². The summed E-state index contributed by atoms with van der Waals surface area (Å²) in [5.74, 6) is -0.725. The number of methoxy groups -OCH3 is 1. The van der Waals surface area contributed by atoms with Crippen molar-refractivity contribution < 1.29 is 39.0 Å². The predicted molar refractivity (Wildman–Crippen MR) is 183 cm³/mol. The number of amides is 2. The predicted octanol–water partition coefficient (Wildman–Crippen LogP) is 4.47. The average molecular weight is 735 g/mol. The van der Waals surface area contributed by atoms with E-state index in [0.29, 0.717) is 34.5 Å². The number of rotatable bonds is 10. The largest absolute Gasteiger partial charge is 0.504 e. The van der Waals surface area contributed by atoms with Crippen molar-refractivity contribution in [3.05, 3.63) is 92.6 Å². The van der Waals surface area contributed by atoms with E-state index in [-0.39, 0.29) is 41.7 Å². The van der Waals surface area contributed by atoms with Crippen molar-refractivity contribution in [3.8, 4) is 17.2 Å². The Labute approximate surface area is 281 Å². The van der Waals surface area contributed by atoms with Crippen LogP contribution in [0.3, 0.4) is 0 Å². The molecule has 2 heterocycles. The Morgan fingerprint density at radius 2 is 1.85 bits per heavy atom. The number of hydrogen-bond donors (Lipinski definition) is 3. The number of para-hydroxylation sites is 1. The normalized spacial score (nSPS) is 22.6. The molecule has 2 amide bonds. The highest BCUT2D eigenvalue weighted by atomic mass is 127. The highest BCUT2D eigenvalue weighted by Crippen LogP contribution is 2.50. The first-order valence-corrected chi connectivity index (χ1v) is 16.3. The number of ether oxygens (including phenoxy) is 3. The zero-order chi connectivity index (χ0) is 32.5. The van der Waals surface area contributed by atoms with Crippen molar-refractivity contribution in [3.63, 3.8) is 0 Å². The quantitative estimate of drug-likeness (QED) is 0.121. The number of carbonyl (C=O) groups excluding carboxylic acids is 2. The molecule has 4 atom stereocenters. The molecule has 3 aliphatic rings. The minimum Gasteiger partial charge on any atom is -0.504 e. The Morgan fingerprint density at radius 3 is 2.59 bits per heavy atom. The van der Waals surface area contributed by atoms with Gasteiger partial charge in [-0.15, -0.1) is 0 Å². The van der Waals surface area contributed by atoms with Gasteiger partial charge < -0.3 is 29.4 Å². The lowest BCUT2D eigenvalue weighted by molar-refractivity contribution is -0.122. The molecule has 3 aromatic rings. The third-order valence-corrected chi connectivity index (χ3v) is 9.90. The summed E-state index contributed by atoms with van der Waals surface area (Å²) < 4.78 is 18.6. The smallest absolute Gasteiger partial charge is 0.488 e. The molecular weight excluding hydrogens is 700 g/mol. The monoisotopic (exact) mass is 735 g/mol. The minimum atomic E-state index is -1.72. The summed E-state index contributed by atoms with van der Waals surface area (Å²) in [7, 11) is -0.189. The molecule has 46 heavy (non-hydrogen) atoms. The summed E-state index contributed by atoms with van der Waals surface area (Å²) in [4.78, 5) is 29.0. The molecular formula is C35H35BINO8. The van der Waals surface area contributed by atoms with Crippen molar-refractivity contribution in [2.45, 2.75) is 32.3 Å². The standard InChI is InChI=1S/C35H35BINO8/c1-20(13-21-14-28(37)33(39)30(15-21)44-2)11-12-29-31-22(18-45-25-9-4-3-5-10-25)16-26-32(27(31)19-46-29)35(41)38(34(26)40)24-8-6-7-23(17-24)36(42)43/h3-10,13-15,17,26-27,29,32,39,42-43H,11-12,16,18-19H2,1-2H3/b20-13+/t26-,27+,29-,32-/m1/s1. The van der Waals surface area contributed by atoms with E-state index in [0.717, 1.165) is 34.5 Å². The molecule has 0 radical (unpaired) electrons. The third kappa shape index (κ3) is 6.33. The van der Waals surface area contributed by atoms with Gasteiger partial charge in [0.25, 0.3) is 0 Å². The molecule has 238 valence electrons. The van der Waals surface area contributed by atoms with Crippen LogP contribution in [-0.2, 0) is 14.3 Å². The lowest BCUT2D eigenvalue weighted by Gasteiger charge is -2.31. The van der Waals surface area contributed by atoms with E-state index in [1.54, 1.807) is 18.2 Å². The number of hydrogen-bond acceptors (Lipinski definition) is 8. The van der Waals surface area contributed by atoms with E-state index in [2.05, 4.69) is 35.6 Å². The maximum Gasteiger partial charge on any atom is 0.488 e. The van der Waals surface area contributed by atoms with Crippen LogP contribution >= 0.6 is 22.6 Å². The Hall–Kier alpha value is -3.65. The van der Waals surface area contributed by atoms with Crippen LogP contribution in [0.4, 0.5) is 5.69 Å². The van der Waals surface area contributed by atoms with Gasteiger partial charge in [-0.1, -0.05) is 42.0 Å². The summed E-state index contributed by atoms with van der Waals surface area (Å²) >= 11 is 2.08. The molecule has 9 nitrogen and oxygen atoms in total. The minimum absolute atomic E-state index is 0.119. The highest BCUT2D eigenvalue weighted by Gasteiger charge is 2.57. The molecule has 2 saturated heterocycles. The van der Waals surface area contributed by atoms with E-state index >= 15 is 0 Å². The first kappa shape index (κ1) is 32.3. The Balaban J connectivity index is 1.27. The fourth-order valence-corrected chi connectivity index (χ4v) is 7.55. The number of nitrogens with zero attached hydrogens (tertiary/aromatic N) is 1. The van der Waals surface area contributed by atoms with Gasteiger partial charge in [0.05, 0.1) is 40.9 Å². The summed E-state index contributed by atoms with van der Waals surface area (Å²) in [5, 5.41) is 29.6. The lowest BCUT2D eigenvalue weighted by atomic mass is 9.69. The molecule has 1 aliphatic carbocycles. The molecule has 3 aromatic carbocycles. The van der Waals surface area contributed by atoms with Crippen LogP contribution in [0.1, 0.15) is 31.7 Å². The first-order valence-electron chi connectivity index (χ1n) is 15.2. The number of phenolic OH excluding ortho intramolecular Hbond substituents is 1. The molecule has 0 aromatic heterocycles. The zero-order valence-corrected chi connectivity index (χ0v) is 27.7. The Kier molecular flexibility index (Phi) is 9.55. The van der Waals surface area contributed by atoms with E-state index in [4.69, 9.17) is 14.2 Å². The van der Waals surface area contributed by atoms with E-state index < -0.39 is 19.0 Å². The molecule has 0 bridgehead atoms. The van der Waals surface area contributed by atoms with Crippen LogP contribution in [-0.4, -0.2) is 60.5 Å². The van der Waals surface area contributed by atoms with Crippen molar-refractivity contribution in [1.82, 2.24) is 0 Å². The second-order valence-corrected chi connectivity index (χ2v) is 13.2. The van der Waals surface area contributed by atoms with Crippen molar-refractivity contribution in [2.75, 3.05) is 25.2 Å². The number of allylic oxidation sites excluding steroid dienone is 1. The van der Waals surface area contributed by atoms with Crippen LogP contribution in [0.5, 0.6) is 17.2 Å². The number of benzene rings is 3. The second-order valence-electron chi connectivity index (χ2n) is 12.0. The van der Waals surface area contributed by atoms with Crippen LogP contribution < -0.4 is 19.8 Å². The van der Waals surface area contributed by atoms with Gasteiger partial charge in [0, 0.05) is 5.92 Å². The van der Waals surface area contributed by atoms with Gasteiger partial charge in [0.1, 0.15) is 12.4 Å². The molecule has 11 heteroatoms. The van der Waals surface area contributed by atoms with Gasteiger partial charge >= 0.3 is 7.12 Å². The van der Waals surface area contributed by atoms with Gasteiger partial charge in [0.2, 0.25) is 11.8 Å². The molecule has 0 saturated carbocycles.